The van der Waals surface area contributed by atoms with Gasteiger partial charge in [-0.05, 0) is 83.2 Å². The molecule has 0 aliphatic rings. The van der Waals surface area contributed by atoms with Gasteiger partial charge in [-0.15, -0.1) is 0 Å². The number of ether oxygens (including phenoxy) is 1. The highest BCUT2D eigenvalue weighted by Crippen LogP contribution is 2.35. The lowest BCUT2D eigenvalue weighted by molar-refractivity contribution is -0.148. The highest BCUT2D eigenvalue weighted by Gasteiger charge is 2.44. The molecule has 2 atom stereocenters. The molecule has 0 fully saturated rings. The number of aromatic hydroxyl groups is 1. The minimum atomic E-state index is -1.11. The molecule has 0 radical (unpaired) electrons. The van der Waals surface area contributed by atoms with E-state index in [1.807, 2.05) is 47.6 Å². The summed E-state index contributed by atoms with van der Waals surface area (Å²) < 4.78 is 5.43. The summed E-state index contributed by atoms with van der Waals surface area (Å²) in [4.78, 5) is 42.7. The second kappa shape index (κ2) is 12.7. The third-order valence-corrected chi connectivity index (χ3v) is 6.86. The Hall–Kier alpha value is -3.26. The highest BCUT2D eigenvalue weighted by molar-refractivity contribution is 6.34. The van der Waals surface area contributed by atoms with Crippen LogP contribution in [0.1, 0.15) is 79.0 Å². The minimum absolute atomic E-state index is 0.0270. The van der Waals surface area contributed by atoms with Gasteiger partial charge in [0.05, 0.1) is 10.7 Å². The molecule has 0 saturated heterocycles. The number of anilines is 1. The zero-order valence-corrected chi connectivity index (χ0v) is 25.1. The number of benzene rings is 2. The van der Waals surface area contributed by atoms with E-state index in [0.717, 1.165) is 5.56 Å². The van der Waals surface area contributed by atoms with Gasteiger partial charge in [0.25, 0.3) is 5.91 Å². The minimum Gasteiger partial charge on any atom is -0.508 e. The van der Waals surface area contributed by atoms with E-state index < -0.39 is 41.1 Å². The van der Waals surface area contributed by atoms with Crippen molar-refractivity contribution in [1.82, 2.24) is 10.2 Å². The molecule has 0 heterocycles. The molecule has 214 valence electrons. The lowest BCUT2D eigenvalue weighted by atomic mass is 9.90. The number of halogens is 1. The van der Waals surface area contributed by atoms with Crippen LogP contribution >= 0.6 is 11.6 Å². The van der Waals surface area contributed by atoms with Crippen LogP contribution in [0.3, 0.4) is 0 Å². The van der Waals surface area contributed by atoms with Crippen molar-refractivity contribution in [2.45, 2.75) is 92.0 Å². The highest BCUT2D eigenvalue weighted by atomic mass is 35.5. The smallest absolute Gasteiger partial charge is 0.408 e. The van der Waals surface area contributed by atoms with Crippen molar-refractivity contribution in [2.75, 3.05) is 5.32 Å². The Kier molecular flexibility index (Phi) is 10.4. The zero-order valence-electron chi connectivity index (χ0n) is 24.4. The normalized spacial score (nSPS) is 13.4. The first-order valence-electron chi connectivity index (χ1n) is 13.2. The number of nitrogens with zero attached hydrogens (tertiary/aromatic N) is 1. The summed E-state index contributed by atoms with van der Waals surface area (Å²) >= 11 is 6.42. The quantitative estimate of drug-likeness (QED) is 0.321. The molecule has 2 aromatic rings. The lowest BCUT2D eigenvalue weighted by Gasteiger charge is -2.45. The molecule has 3 N–H and O–H groups in total. The third kappa shape index (κ3) is 8.36. The van der Waals surface area contributed by atoms with E-state index in [2.05, 4.69) is 10.6 Å². The molecule has 2 rings (SSSR count). The van der Waals surface area contributed by atoms with Gasteiger partial charge >= 0.3 is 6.09 Å². The van der Waals surface area contributed by atoms with Gasteiger partial charge in [0.1, 0.15) is 23.4 Å². The average Bonchev–Trinajstić information content (AvgIpc) is 2.82. The first-order chi connectivity index (χ1) is 18.0. The van der Waals surface area contributed by atoms with Crippen LogP contribution in [0.4, 0.5) is 10.5 Å². The number of alkyl carbamates (subject to hydrolysis) is 1. The second-order valence-electron chi connectivity index (χ2n) is 11.7. The van der Waals surface area contributed by atoms with Crippen molar-refractivity contribution >= 4 is 35.2 Å². The Balaban J connectivity index is 2.66. The fourth-order valence-corrected chi connectivity index (χ4v) is 4.37. The predicted octanol–water partition coefficient (Wildman–Crippen LogP) is 6.60. The molecule has 0 aliphatic carbocycles. The maximum atomic E-state index is 14.4. The van der Waals surface area contributed by atoms with Crippen LogP contribution in [0, 0.1) is 12.8 Å². The van der Waals surface area contributed by atoms with E-state index in [4.69, 9.17) is 16.3 Å². The second-order valence-corrected chi connectivity index (χ2v) is 12.1. The van der Waals surface area contributed by atoms with E-state index >= 15 is 0 Å². The summed E-state index contributed by atoms with van der Waals surface area (Å²) in [5.41, 5.74) is 0.138. The van der Waals surface area contributed by atoms with Crippen LogP contribution in [0.5, 0.6) is 5.75 Å². The van der Waals surface area contributed by atoms with Crippen molar-refractivity contribution in [3.63, 3.8) is 0 Å². The monoisotopic (exact) mass is 559 g/mol. The fraction of sp³-hybridized carbons (Fsp3) is 0.500. The molecule has 2 unspecified atom stereocenters. The van der Waals surface area contributed by atoms with E-state index in [-0.39, 0.29) is 11.7 Å². The third-order valence-electron chi connectivity index (χ3n) is 6.55. The molecule has 3 amide bonds. The van der Waals surface area contributed by atoms with Gasteiger partial charge in [0.2, 0.25) is 5.91 Å². The standard InChI is InChI=1S/C30H42ClN3O5/c1-10-30(8,9)34(27(37)23(18(2)3)33-28(38)39-29(5,6)7)25(20-14-16-21(35)17-15-20)26(36)32-24-19(4)12-11-13-22(24)31/h11-18,23,25,35H,10H2,1-9H3,(H,32,36)(H,33,38). The van der Waals surface area contributed by atoms with Gasteiger partial charge in [0.15, 0.2) is 0 Å². The Morgan fingerprint density at radius 1 is 1.03 bits per heavy atom. The number of aryl methyl sites for hydroxylation is 1. The van der Waals surface area contributed by atoms with Crippen molar-refractivity contribution in [2.24, 2.45) is 5.92 Å². The Bertz CT molecular complexity index is 1150. The van der Waals surface area contributed by atoms with E-state index in [9.17, 15) is 19.5 Å². The van der Waals surface area contributed by atoms with Crippen molar-refractivity contribution in [3.8, 4) is 5.75 Å². The summed E-state index contributed by atoms with van der Waals surface area (Å²) in [6.07, 6.45) is -0.204. The van der Waals surface area contributed by atoms with Crippen LogP contribution in [0.2, 0.25) is 5.02 Å². The number of phenols is 1. The van der Waals surface area contributed by atoms with Gasteiger partial charge in [0, 0.05) is 5.54 Å². The Morgan fingerprint density at radius 2 is 1.62 bits per heavy atom. The van der Waals surface area contributed by atoms with E-state index in [1.165, 1.54) is 17.0 Å². The molecule has 2 aromatic carbocycles. The molecule has 0 bridgehead atoms. The van der Waals surface area contributed by atoms with E-state index in [0.29, 0.717) is 22.7 Å². The molecule has 0 spiro atoms. The predicted molar refractivity (Wildman–Crippen MR) is 155 cm³/mol. The summed E-state index contributed by atoms with van der Waals surface area (Å²) in [5.74, 6) is -1.20. The number of carbonyl (C=O) groups excluding carboxylic acids is 3. The molecular weight excluding hydrogens is 518 g/mol. The van der Waals surface area contributed by atoms with Gasteiger partial charge in [-0.1, -0.05) is 56.6 Å². The Morgan fingerprint density at radius 3 is 2.10 bits per heavy atom. The number of phenolic OH excluding ortho intramolecular Hbond substituents is 1. The number of carbonyl (C=O) groups is 3. The number of rotatable bonds is 9. The molecule has 0 aromatic heterocycles. The number of hydrogen-bond acceptors (Lipinski definition) is 5. The van der Waals surface area contributed by atoms with Crippen molar-refractivity contribution in [1.29, 1.82) is 0 Å². The maximum Gasteiger partial charge on any atom is 0.408 e. The van der Waals surface area contributed by atoms with Crippen LogP contribution in [-0.4, -0.2) is 45.1 Å². The van der Waals surface area contributed by atoms with E-state index in [1.54, 1.807) is 45.0 Å². The molecule has 39 heavy (non-hydrogen) atoms. The summed E-state index contributed by atoms with van der Waals surface area (Å²) in [5, 5.41) is 16.0. The summed E-state index contributed by atoms with van der Waals surface area (Å²) in [7, 11) is 0. The summed E-state index contributed by atoms with van der Waals surface area (Å²) in [6, 6.07) is 9.37. The summed E-state index contributed by atoms with van der Waals surface area (Å²) in [6.45, 7) is 16.4. The van der Waals surface area contributed by atoms with Crippen LogP contribution < -0.4 is 10.6 Å². The first kappa shape index (κ1) is 32.0. The lowest BCUT2D eigenvalue weighted by Crippen LogP contribution is -2.60. The largest absolute Gasteiger partial charge is 0.508 e. The number of nitrogens with one attached hydrogen (secondary N) is 2. The molecule has 8 nitrogen and oxygen atoms in total. The van der Waals surface area contributed by atoms with Crippen LogP contribution in [-0.2, 0) is 14.3 Å². The van der Waals surface area contributed by atoms with Gasteiger partial charge < -0.3 is 25.4 Å². The van der Waals surface area contributed by atoms with Gasteiger partial charge in [-0.3, -0.25) is 9.59 Å². The van der Waals surface area contributed by atoms with Crippen molar-refractivity contribution < 1.29 is 24.2 Å². The molecule has 0 saturated carbocycles. The van der Waals surface area contributed by atoms with Gasteiger partial charge in [-0.2, -0.15) is 0 Å². The SMILES string of the molecule is CCC(C)(C)N(C(=O)C(NC(=O)OC(C)(C)C)C(C)C)C(C(=O)Nc1c(C)cccc1Cl)c1ccc(O)cc1. The van der Waals surface area contributed by atoms with Gasteiger partial charge in [-0.25, -0.2) is 4.79 Å². The maximum absolute atomic E-state index is 14.4. The fourth-order valence-electron chi connectivity index (χ4n) is 4.10. The topological polar surface area (TPSA) is 108 Å². The number of amides is 3. The molecule has 0 aliphatic heterocycles. The number of para-hydroxylation sites is 1. The zero-order chi connectivity index (χ0) is 29.7. The van der Waals surface area contributed by atoms with Crippen molar-refractivity contribution in [3.05, 3.63) is 58.6 Å². The van der Waals surface area contributed by atoms with Crippen LogP contribution in [0.25, 0.3) is 0 Å². The average molecular weight is 560 g/mol. The first-order valence-corrected chi connectivity index (χ1v) is 13.5. The molecular formula is C30H42ClN3O5. The van der Waals surface area contributed by atoms with Crippen LogP contribution in [0.15, 0.2) is 42.5 Å². The Labute approximate surface area is 237 Å². The number of hydrogen-bond donors (Lipinski definition) is 3. The molecule has 9 heteroatoms.